The van der Waals surface area contributed by atoms with E-state index in [0.29, 0.717) is 25.9 Å². The molecule has 0 bridgehead atoms. The summed E-state index contributed by atoms with van der Waals surface area (Å²) < 4.78 is 0. The van der Waals surface area contributed by atoms with Crippen LogP contribution in [0, 0.1) is 17.2 Å². The standard InChI is InChI=1S/C11H17N3O3/c1-8(6-12)7-13(2)11(17)14-5-3-4-9(14)10(15)16/h8-9H,3-5,7H2,1-2H3,(H,15,16). The summed E-state index contributed by atoms with van der Waals surface area (Å²) in [4.78, 5) is 25.7. The minimum Gasteiger partial charge on any atom is -0.480 e. The van der Waals surface area contributed by atoms with Crippen LogP contribution in [0.5, 0.6) is 0 Å². The van der Waals surface area contributed by atoms with Crippen LogP contribution in [-0.4, -0.2) is 53.1 Å². The van der Waals surface area contributed by atoms with E-state index >= 15 is 0 Å². The van der Waals surface area contributed by atoms with Gasteiger partial charge in [-0.05, 0) is 19.8 Å². The summed E-state index contributed by atoms with van der Waals surface area (Å²) in [5.41, 5.74) is 0. The van der Waals surface area contributed by atoms with E-state index in [1.165, 1.54) is 9.80 Å². The van der Waals surface area contributed by atoms with Crippen molar-refractivity contribution in [3.63, 3.8) is 0 Å². The van der Waals surface area contributed by atoms with E-state index in [1.54, 1.807) is 14.0 Å². The van der Waals surface area contributed by atoms with Crippen LogP contribution in [-0.2, 0) is 4.79 Å². The van der Waals surface area contributed by atoms with Gasteiger partial charge >= 0.3 is 12.0 Å². The molecule has 1 N–H and O–H groups in total. The molecular formula is C11H17N3O3. The van der Waals surface area contributed by atoms with Gasteiger partial charge in [0.05, 0.1) is 12.0 Å². The summed E-state index contributed by atoms with van der Waals surface area (Å²) >= 11 is 0. The number of rotatable bonds is 3. The largest absolute Gasteiger partial charge is 0.480 e. The molecule has 0 radical (unpaired) electrons. The molecule has 1 rings (SSSR count). The van der Waals surface area contributed by atoms with Gasteiger partial charge in [-0.1, -0.05) is 0 Å². The van der Waals surface area contributed by atoms with E-state index in [9.17, 15) is 9.59 Å². The lowest BCUT2D eigenvalue weighted by Gasteiger charge is -2.28. The second kappa shape index (κ2) is 5.53. The molecule has 0 aromatic heterocycles. The number of aliphatic carboxylic acids is 1. The van der Waals surface area contributed by atoms with Gasteiger partial charge in [0.2, 0.25) is 0 Å². The third-order valence-corrected chi connectivity index (χ3v) is 2.88. The zero-order valence-electron chi connectivity index (χ0n) is 10.1. The second-order valence-corrected chi connectivity index (χ2v) is 4.38. The molecule has 1 saturated heterocycles. The van der Waals surface area contributed by atoms with Gasteiger partial charge in [-0.3, -0.25) is 0 Å². The molecule has 1 heterocycles. The summed E-state index contributed by atoms with van der Waals surface area (Å²) in [7, 11) is 1.59. The van der Waals surface area contributed by atoms with Gasteiger partial charge in [0, 0.05) is 20.1 Å². The molecule has 2 amide bonds. The lowest BCUT2D eigenvalue weighted by molar-refractivity contribution is -0.141. The van der Waals surface area contributed by atoms with Crippen molar-refractivity contribution in [1.82, 2.24) is 9.80 Å². The highest BCUT2D eigenvalue weighted by Gasteiger charge is 2.35. The van der Waals surface area contributed by atoms with Crippen LogP contribution in [0.3, 0.4) is 0 Å². The molecule has 17 heavy (non-hydrogen) atoms. The van der Waals surface area contributed by atoms with Crippen molar-refractivity contribution in [2.24, 2.45) is 5.92 Å². The van der Waals surface area contributed by atoms with Crippen molar-refractivity contribution >= 4 is 12.0 Å². The summed E-state index contributed by atoms with van der Waals surface area (Å²) in [6, 6.07) is 1.02. The molecule has 94 valence electrons. The SMILES string of the molecule is CC(C#N)CN(C)C(=O)N1CCCC1C(=O)O. The number of carboxylic acids is 1. The number of urea groups is 1. The Morgan fingerprint density at radius 3 is 2.82 bits per heavy atom. The Morgan fingerprint density at radius 1 is 1.65 bits per heavy atom. The maximum absolute atomic E-state index is 12.0. The van der Waals surface area contributed by atoms with Crippen molar-refractivity contribution in [2.45, 2.75) is 25.8 Å². The first-order valence-electron chi connectivity index (χ1n) is 5.61. The predicted octanol–water partition coefficient (Wildman–Crippen LogP) is 0.747. The molecule has 0 aromatic carbocycles. The topological polar surface area (TPSA) is 84.6 Å². The smallest absolute Gasteiger partial charge is 0.326 e. The molecule has 6 nitrogen and oxygen atoms in total. The highest BCUT2D eigenvalue weighted by molar-refractivity contribution is 5.83. The van der Waals surface area contributed by atoms with Gasteiger partial charge in [-0.2, -0.15) is 5.26 Å². The Bertz CT molecular complexity index is 350. The van der Waals surface area contributed by atoms with Gasteiger partial charge in [-0.15, -0.1) is 0 Å². The minimum atomic E-state index is -0.961. The number of amides is 2. The zero-order valence-corrected chi connectivity index (χ0v) is 10.1. The fraction of sp³-hybridized carbons (Fsp3) is 0.727. The van der Waals surface area contributed by atoms with Crippen molar-refractivity contribution in [1.29, 1.82) is 5.26 Å². The molecule has 6 heteroatoms. The lowest BCUT2D eigenvalue weighted by atomic mass is 10.2. The quantitative estimate of drug-likeness (QED) is 0.787. The fourth-order valence-electron chi connectivity index (χ4n) is 2.00. The third kappa shape index (κ3) is 3.09. The number of likely N-dealkylation sites (tertiary alicyclic amines) is 1. The maximum Gasteiger partial charge on any atom is 0.326 e. The molecule has 2 atom stereocenters. The number of carbonyl (C=O) groups is 2. The summed E-state index contributed by atoms with van der Waals surface area (Å²) in [6.07, 6.45) is 1.22. The van der Waals surface area contributed by atoms with Crippen LogP contribution >= 0.6 is 0 Å². The number of hydrogen-bond acceptors (Lipinski definition) is 3. The molecule has 1 fully saturated rings. The van der Waals surface area contributed by atoms with Crippen LogP contribution in [0.4, 0.5) is 4.79 Å². The Balaban J connectivity index is 2.63. The maximum atomic E-state index is 12.0. The lowest BCUT2D eigenvalue weighted by Crippen LogP contribution is -2.47. The minimum absolute atomic E-state index is 0.255. The monoisotopic (exact) mass is 239 g/mol. The molecular weight excluding hydrogens is 222 g/mol. The first kappa shape index (κ1) is 13.3. The molecule has 2 unspecified atom stereocenters. The van der Waals surface area contributed by atoms with E-state index in [-0.39, 0.29) is 11.9 Å². The average Bonchev–Trinajstić information content (AvgIpc) is 2.76. The van der Waals surface area contributed by atoms with E-state index in [2.05, 4.69) is 0 Å². The number of hydrogen-bond donors (Lipinski definition) is 1. The van der Waals surface area contributed by atoms with Crippen LogP contribution in [0.2, 0.25) is 0 Å². The van der Waals surface area contributed by atoms with Crippen molar-refractivity contribution in [3.8, 4) is 6.07 Å². The summed E-state index contributed by atoms with van der Waals surface area (Å²) in [5, 5.41) is 17.7. The Labute approximate surface area is 100 Å². The number of nitrogens with zero attached hydrogens (tertiary/aromatic N) is 3. The van der Waals surface area contributed by atoms with Crippen molar-refractivity contribution in [3.05, 3.63) is 0 Å². The average molecular weight is 239 g/mol. The van der Waals surface area contributed by atoms with E-state index in [0.717, 1.165) is 0 Å². The first-order valence-corrected chi connectivity index (χ1v) is 5.61. The van der Waals surface area contributed by atoms with Gasteiger partial charge in [0.1, 0.15) is 6.04 Å². The van der Waals surface area contributed by atoms with E-state index < -0.39 is 12.0 Å². The van der Waals surface area contributed by atoms with Crippen molar-refractivity contribution < 1.29 is 14.7 Å². The summed E-state index contributed by atoms with van der Waals surface area (Å²) in [5.74, 6) is -1.22. The molecule has 0 spiro atoms. The summed E-state index contributed by atoms with van der Waals surface area (Å²) in [6.45, 7) is 2.52. The van der Waals surface area contributed by atoms with Crippen LogP contribution in [0.25, 0.3) is 0 Å². The van der Waals surface area contributed by atoms with Crippen LogP contribution in [0.1, 0.15) is 19.8 Å². The number of carboxylic acid groups (broad SMARTS) is 1. The normalized spacial score (nSPS) is 20.8. The van der Waals surface area contributed by atoms with Gasteiger partial charge in [0.15, 0.2) is 0 Å². The highest BCUT2D eigenvalue weighted by atomic mass is 16.4. The molecule has 0 saturated carbocycles. The highest BCUT2D eigenvalue weighted by Crippen LogP contribution is 2.19. The van der Waals surface area contributed by atoms with Crippen molar-refractivity contribution in [2.75, 3.05) is 20.1 Å². The zero-order chi connectivity index (χ0) is 13.0. The second-order valence-electron chi connectivity index (χ2n) is 4.38. The van der Waals surface area contributed by atoms with E-state index in [1.807, 2.05) is 6.07 Å². The Kier molecular flexibility index (Phi) is 4.32. The Morgan fingerprint density at radius 2 is 2.29 bits per heavy atom. The van der Waals surface area contributed by atoms with Crippen LogP contribution < -0.4 is 0 Å². The molecule has 1 aliphatic rings. The molecule has 0 aliphatic carbocycles. The molecule has 1 aliphatic heterocycles. The first-order chi connectivity index (χ1) is 7.97. The van der Waals surface area contributed by atoms with Gasteiger partial charge in [-0.25, -0.2) is 9.59 Å². The van der Waals surface area contributed by atoms with Gasteiger partial charge < -0.3 is 14.9 Å². The molecule has 0 aromatic rings. The third-order valence-electron chi connectivity index (χ3n) is 2.88. The Hall–Kier alpha value is -1.77. The van der Waals surface area contributed by atoms with Crippen LogP contribution in [0.15, 0.2) is 0 Å². The predicted molar refractivity (Wildman–Crippen MR) is 60.2 cm³/mol. The number of nitriles is 1. The fourth-order valence-corrected chi connectivity index (χ4v) is 2.00. The van der Waals surface area contributed by atoms with Gasteiger partial charge in [0.25, 0.3) is 0 Å². The van der Waals surface area contributed by atoms with E-state index in [4.69, 9.17) is 10.4 Å². The number of carbonyl (C=O) groups excluding carboxylic acids is 1.